The Balaban J connectivity index is 1.43. The van der Waals surface area contributed by atoms with Gasteiger partial charge in [-0.3, -0.25) is 9.59 Å². The number of carbonyl (C=O) groups excluding carboxylic acids is 2. The summed E-state index contributed by atoms with van der Waals surface area (Å²) in [6, 6.07) is 7.58. The highest BCUT2D eigenvalue weighted by Crippen LogP contribution is 2.16. The first-order valence-corrected chi connectivity index (χ1v) is 10.7. The van der Waals surface area contributed by atoms with E-state index >= 15 is 0 Å². The normalized spacial score (nSPS) is 14.6. The van der Waals surface area contributed by atoms with Crippen LogP contribution in [0.1, 0.15) is 54.7 Å². The third-order valence-corrected chi connectivity index (χ3v) is 5.75. The Morgan fingerprint density at radius 1 is 1.14 bits per heavy atom. The smallest absolute Gasteiger partial charge is 0.255 e. The molecule has 2 aromatic rings. The standard InChI is InChI=1S/C20H25IN4O3/c1-14(2)19-22-17(28-23-19)8-5-9-18(26)24-10-12-25(13-11-24)20(27)15-6-3-4-7-16(15)21/h3-4,6-7,14H,5,8-13H2,1-2H3. The number of aromatic nitrogens is 2. The molecule has 2 amide bonds. The lowest BCUT2D eigenvalue weighted by Gasteiger charge is -2.35. The molecule has 0 aliphatic carbocycles. The van der Waals surface area contributed by atoms with Crippen molar-refractivity contribution < 1.29 is 14.1 Å². The molecule has 0 atom stereocenters. The average molecular weight is 496 g/mol. The van der Waals surface area contributed by atoms with Gasteiger partial charge in [-0.2, -0.15) is 4.98 Å². The maximum absolute atomic E-state index is 12.7. The molecule has 150 valence electrons. The largest absolute Gasteiger partial charge is 0.339 e. The number of nitrogens with zero attached hydrogens (tertiary/aromatic N) is 4. The molecule has 1 saturated heterocycles. The fourth-order valence-corrected chi connectivity index (χ4v) is 3.74. The molecule has 2 heterocycles. The summed E-state index contributed by atoms with van der Waals surface area (Å²) >= 11 is 2.18. The summed E-state index contributed by atoms with van der Waals surface area (Å²) in [7, 11) is 0. The predicted molar refractivity (Wildman–Crippen MR) is 113 cm³/mol. The third kappa shape index (κ3) is 5.09. The van der Waals surface area contributed by atoms with E-state index in [2.05, 4.69) is 32.7 Å². The van der Waals surface area contributed by atoms with E-state index in [4.69, 9.17) is 4.52 Å². The van der Waals surface area contributed by atoms with Gasteiger partial charge in [0.2, 0.25) is 11.8 Å². The zero-order valence-electron chi connectivity index (χ0n) is 16.2. The van der Waals surface area contributed by atoms with Gasteiger partial charge in [-0.05, 0) is 41.1 Å². The van der Waals surface area contributed by atoms with Crippen molar-refractivity contribution in [3.8, 4) is 0 Å². The fourth-order valence-electron chi connectivity index (χ4n) is 3.12. The molecule has 0 bridgehead atoms. The maximum atomic E-state index is 12.7. The molecular formula is C20H25IN4O3. The Morgan fingerprint density at radius 2 is 1.82 bits per heavy atom. The lowest BCUT2D eigenvalue weighted by atomic mass is 10.1. The van der Waals surface area contributed by atoms with E-state index in [0.717, 1.165) is 9.13 Å². The molecule has 1 aliphatic rings. The molecule has 1 fully saturated rings. The van der Waals surface area contributed by atoms with Gasteiger partial charge in [0.1, 0.15) is 0 Å². The van der Waals surface area contributed by atoms with Crippen molar-refractivity contribution in [3.05, 3.63) is 45.1 Å². The highest BCUT2D eigenvalue weighted by molar-refractivity contribution is 14.1. The number of amides is 2. The minimum Gasteiger partial charge on any atom is -0.339 e. The van der Waals surface area contributed by atoms with E-state index < -0.39 is 0 Å². The van der Waals surface area contributed by atoms with Crippen LogP contribution in [0.5, 0.6) is 0 Å². The molecule has 1 aromatic heterocycles. The summed E-state index contributed by atoms with van der Waals surface area (Å²) in [4.78, 5) is 33.1. The van der Waals surface area contributed by atoms with Crippen LogP contribution in [-0.2, 0) is 11.2 Å². The van der Waals surface area contributed by atoms with Crippen molar-refractivity contribution in [1.82, 2.24) is 19.9 Å². The van der Waals surface area contributed by atoms with Gasteiger partial charge >= 0.3 is 0 Å². The number of halogens is 1. The van der Waals surface area contributed by atoms with Crippen LogP contribution in [0.2, 0.25) is 0 Å². The molecule has 1 aromatic carbocycles. The second kappa shape index (κ2) is 9.49. The number of benzene rings is 1. The summed E-state index contributed by atoms with van der Waals surface area (Å²) in [6.07, 6.45) is 1.74. The zero-order chi connectivity index (χ0) is 20.1. The Labute approximate surface area is 178 Å². The van der Waals surface area contributed by atoms with Crippen molar-refractivity contribution in [3.63, 3.8) is 0 Å². The molecule has 28 heavy (non-hydrogen) atoms. The van der Waals surface area contributed by atoms with Crippen molar-refractivity contribution in [2.75, 3.05) is 26.2 Å². The second-order valence-corrected chi connectivity index (χ2v) is 8.37. The first kappa shape index (κ1) is 20.8. The van der Waals surface area contributed by atoms with E-state index in [1.807, 2.05) is 47.9 Å². The van der Waals surface area contributed by atoms with Crippen LogP contribution in [0.3, 0.4) is 0 Å². The van der Waals surface area contributed by atoms with E-state index in [1.165, 1.54) is 0 Å². The summed E-state index contributed by atoms with van der Waals surface area (Å²) < 4.78 is 6.16. The van der Waals surface area contributed by atoms with Gasteiger partial charge in [0, 0.05) is 48.5 Å². The van der Waals surface area contributed by atoms with E-state index in [1.54, 1.807) is 0 Å². The maximum Gasteiger partial charge on any atom is 0.255 e. The van der Waals surface area contributed by atoms with Gasteiger partial charge in [-0.1, -0.05) is 31.1 Å². The minimum atomic E-state index is 0.0365. The number of carbonyl (C=O) groups is 2. The van der Waals surface area contributed by atoms with Crippen LogP contribution < -0.4 is 0 Å². The van der Waals surface area contributed by atoms with Crippen molar-refractivity contribution >= 4 is 34.4 Å². The number of hydrogen-bond donors (Lipinski definition) is 0. The highest BCUT2D eigenvalue weighted by atomic mass is 127. The molecule has 0 radical (unpaired) electrons. The zero-order valence-corrected chi connectivity index (χ0v) is 18.4. The Hall–Kier alpha value is -1.97. The number of piperazine rings is 1. The fraction of sp³-hybridized carbons (Fsp3) is 0.500. The number of hydrogen-bond acceptors (Lipinski definition) is 5. The van der Waals surface area contributed by atoms with Crippen molar-refractivity contribution in [1.29, 1.82) is 0 Å². The first-order valence-electron chi connectivity index (χ1n) is 9.59. The number of rotatable bonds is 6. The van der Waals surface area contributed by atoms with E-state index in [-0.39, 0.29) is 17.7 Å². The molecule has 0 N–H and O–H groups in total. The van der Waals surface area contributed by atoms with Crippen LogP contribution in [0.4, 0.5) is 0 Å². The first-order chi connectivity index (χ1) is 13.5. The highest BCUT2D eigenvalue weighted by Gasteiger charge is 2.25. The quantitative estimate of drug-likeness (QED) is 0.575. The van der Waals surface area contributed by atoms with E-state index in [9.17, 15) is 9.59 Å². The van der Waals surface area contributed by atoms with E-state index in [0.29, 0.717) is 57.2 Å². The SMILES string of the molecule is CC(C)c1noc(CCCC(=O)N2CCN(C(=O)c3ccccc3I)CC2)n1. The topological polar surface area (TPSA) is 79.5 Å². The summed E-state index contributed by atoms with van der Waals surface area (Å²) in [5, 5.41) is 3.94. The van der Waals surface area contributed by atoms with Gasteiger partial charge in [0.05, 0.1) is 5.56 Å². The minimum absolute atomic E-state index is 0.0365. The third-order valence-electron chi connectivity index (χ3n) is 4.81. The van der Waals surface area contributed by atoms with Crippen LogP contribution in [-0.4, -0.2) is 57.9 Å². The Kier molecular flexibility index (Phi) is 7.03. The average Bonchev–Trinajstić information content (AvgIpc) is 3.17. The summed E-state index contributed by atoms with van der Waals surface area (Å²) in [6.45, 7) is 6.31. The predicted octanol–water partition coefficient (Wildman–Crippen LogP) is 3.10. The van der Waals surface area contributed by atoms with Crippen molar-refractivity contribution in [2.45, 2.75) is 39.0 Å². The molecule has 7 nitrogen and oxygen atoms in total. The lowest BCUT2D eigenvalue weighted by molar-refractivity contribution is -0.132. The molecule has 0 saturated carbocycles. The van der Waals surface area contributed by atoms with Crippen LogP contribution >= 0.6 is 22.6 Å². The van der Waals surface area contributed by atoms with Gasteiger partial charge < -0.3 is 14.3 Å². The molecule has 0 spiro atoms. The molecule has 0 unspecified atom stereocenters. The van der Waals surface area contributed by atoms with Gasteiger partial charge in [-0.25, -0.2) is 0 Å². The Morgan fingerprint density at radius 3 is 2.46 bits per heavy atom. The molecule has 3 rings (SSSR count). The van der Waals surface area contributed by atoms with Crippen LogP contribution in [0.15, 0.2) is 28.8 Å². The second-order valence-electron chi connectivity index (χ2n) is 7.21. The van der Waals surface area contributed by atoms with Gasteiger partial charge in [-0.15, -0.1) is 0 Å². The van der Waals surface area contributed by atoms with Crippen molar-refractivity contribution in [2.24, 2.45) is 0 Å². The monoisotopic (exact) mass is 496 g/mol. The molecular weight excluding hydrogens is 471 g/mol. The number of aryl methyl sites for hydroxylation is 1. The summed E-state index contributed by atoms with van der Waals surface area (Å²) in [5.74, 6) is 1.68. The molecule has 8 heteroatoms. The Bertz CT molecular complexity index is 828. The molecule has 1 aliphatic heterocycles. The summed E-state index contributed by atoms with van der Waals surface area (Å²) in [5.41, 5.74) is 0.725. The lowest BCUT2D eigenvalue weighted by Crippen LogP contribution is -2.50. The van der Waals surface area contributed by atoms with Crippen LogP contribution in [0.25, 0.3) is 0 Å². The van der Waals surface area contributed by atoms with Gasteiger partial charge in [0.25, 0.3) is 5.91 Å². The van der Waals surface area contributed by atoms with Gasteiger partial charge in [0.15, 0.2) is 5.82 Å². The van der Waals surface area contributed by atoms with Crippen LogP contribution in [0, 0.1) is 3.57 Å².